The molecule has 0 aliphatic heterocycles. The number of rotatable bonds is 9. The van der Waals surface area contributed by atoms with Crippen LogP contribution in [0.5, 0.6) is 11.5 Å². The molecule has 0 saturated carbocycles. The Kier molecular flexibility index (Phi) is 7.28. The lowest BCUT2D eigenvalue weighted by Gasteiger charge is -2.15. The number of ether oxygens (including phenoxy) is 3. The maximum absolute atomic E-state index is 12.8. The second-order valence-electron chi connectivity index (χ2n) is 6.10. The SMILES string of the molecule is CCCCc1ccc(S(=O)(=O)Nc2cc(OC)c(OC)cc2C(=O)OC)cc1. The lowest BCUT2D eigenvalue weighted by atomic mass is 10.1. The molecular formula is C20H25NO6S. The number of benzene rings is 2. The van der Waals surface area contributed by atoms with Crippen LogP contribution in [-0.4, -0.2) is 35.7 Å². The molecule has 0 fully saturated rings. The van der Waals surface area contributed by atoms with Crippen LogP contribution in [0.1, 0.15) is 35.7 Å². The van der Waals surface area contributed by atoms with Crippen LogP contribution >= 0.6 is 0 Å². The van der Waals surface area contributed by atoms with Gasteiger partial charge in [0.15, 0.2) is 11.5 Å². The molecule has 28 heavy (non-hydrogen) atoms. The van der Waals surface area contributed by atoms with Gasteiger partial charge in [-0.05, 0) is 30.5 Å². The van der Waals surface area contributed by atoms with Crippen LogP contribution in [0.3, 0.4) is 0 Å². The molecule has 2 rings (SSSR count). The standard InChI is InChI=1S/C20H25NO6S/c1-5-6-7-14-8-10-15(11-9-14)28(23,24)21-17-13-19(26-3)18(25-2)12-16(17)20(22)27-4/h8-13,21H,5-7H2,1-4H3. The van der Waals surface area contributed by atoms with E-state index in [1.165, 1.54) is 33.5 Å². The van der Waals surface area contributed by atoms with Crippen molar-refractivity contribution in [3.8, 4) is 11.5 Å². The van der Waals surface area contributed by atoms with Crippen molar-refractivity contribution < 1.29 is 27.4 Å². The van der Waals surface area contributed by atoms with Crippen molar-refractivity contribution in [3.05, 3.63) is 47.5 Å². The fourth-order valence-electron chi connectivity index (χ4n) is 2.66. The summed E-state index contributed by atoms with van der Waals surface area (Å²) in [6.45, 7) is 2.10. The number of hydrogen-bond donors (Lipinski definition) is 1. The van der Waals surface area contributed by atoms with Crippen molar-refractivity contribution in [1.29, 1.82) is 0 Å². The number of sulfonamides is 1. The zero-order chi connectivity index (χ0) is 20.7. The molecule has 0 aliphatic carbocycles. The average Bonchev–Trinajstić information content (AvgIpc) is 2.71. The Morgan fingerprint density at radius 3 is 2.14 bits per heavy atom. The third-order valence-corrected chi connectivity index (χ3v) is 5.61. The lowest BCUT2D eigenvalue weighted by Crippen LogP contribution is -2.16. The van der Waals surface area contributed by atoms with Gasteiger partial charge in [0.05, 0.1) is 37.5 Å². The summed E-state index contributed by atoms with van der Waals surface area (Å²) >= 11 is 0. The number of carbonyl (C=O) groups is 1. The van der Waals surface area contributed by atoms with Gasteiger partial charge in [-0.3, -0.25) is 4.72 Å². The van der Waals surface area contributed by atoms with Gasteiger partial charge in [-0.2, -0.15) is 0 Å². The van der Waals surface area contributed by atoms with E-state index >= 15 is 0 Å². The maximum atomic E-state index is 12.8. The van der Waals surface area contributed by atoms with E-state index in [0.29, 0.717) is 0 Å². The Morgan fingerprint density at radius 2 is 1.61 bits per heavy atom. The number of carbonyl (C=O) groups excluding carboxylic acids is 1. The fourth-order valence-corrected chi connectivity index (χ4v) is 3.73. The molecule has 0 unspecified atom stereocenters. The van der Waals surface area contributed by atoms with E-state index in [-0.39, 0.29) is 27.6 Å². The highest BCUT2D eigenvalue weighted by Gasteiger charge is 2.22. The molecule has 0 spiro atoms. The molecular weight excluding hydrogens is 382 g/mol. The summed E-state index contributed by atoms with van der Waals surface area (Å²) in [4.78, 5) is 12.2. The Morgan fingerprint density at radius 1 is 1.00 bits per heavy atom. The highest BCUT2D eigenvalue weighted by atomic mass is 32.2. The van der Waals surface area contributed by atoms with Crippen LogP contribution in [0.15, 0.2) is 41.3 Å². The van der Waals surface area contributed by atoms with E-state index in [2.05, 4.69) is 11.6 Å². The van der Waals surface area contributed by atoms with Gasteiger partial charge >= 0.3 is 5.97 Å². The van der Waals surface area contributed by atoms with Crippen molar-refractivity contribution in [2.75, 3.05) is 26.1 Å². The van der Waals surface area contributed by atoms with E-state index in [9.17, 15) is 13.2 Å². The normalized spacial score (nSPS) is 11.0. The molecule has 7 nitrogen and oxygen atoms in total. The molecule has 1 N–H and O–H groups in total. The zero-order valence-corrected chi connectivity index (χ0v) is 17.3. The third-order valence-electron chi connectivity index (χ3n) is 4.23. The third kappa shape index (κ3) is 4.95. The molecule has 0 radical (unpaired) electrons. The molecule has 0 bridgehead atoms. The van der Waals surface area contributed by atoms with E-state index in [0.717, 1.165) is 24.8 Å². The van der Waals surface area contributed by atoms with Crippen LogP contribution in [0, 0.1) is 0 Å². The van der Waals surface area contributed by atoms with Gasteiger partial charge in [0.2, 0.25) is 0 Å². The number of anilines is 1. The second kappa shape index (κ2) is 9.45. The molecule has 0 saturated heterocycles. The number of hydrogen-bond acceptors (Lipinski definition) is 6. The molecule has 0 aromatic heterocycles. The van der Waals surface area contributed by atoms with Gasteiger partial charge in [-0.25, -0.2) is 13.2 Å². The summed E-state index contributed by atoms with van der Waals surface area (Å²) < 4.78 is 43.2. The molecule has 2 aromatic rings. The second-order valence-corrected chi connectivity index (χ2v) is 7.78. The lowest BCUT2D eigenvalue weighted by molar-refractivity contribution is 0.0601. The first-order valence-corrected chi connectivity index (χ1v) is 10.3. The van der Waals surface area contributed by atoms with Gasteiger partial charge in [-0.15, -0.1) is 0 Å². The monoisotopic (exact) mass is 407 g/mol. The topological polar surface area (TPSA) is 90.9 Å². The summed E-state index contributed by atoms with van der Waals surface area (Å²) in [7, 11) is 0.140. The Hall–Kier alpha value is -2.74. The molecule has 0 heterocycles. The van der Waals surface area contributed by atoms with Gasteiger partial charge in [0.25, 0.3) is 10.0 Å². The summed E-state index contributed by atoms with van der Waals surface area (Å²) in [5, 5.41) is 0. The molecule has 8 heteroatoms. The van der Waals surface area contributed by atoms with Crippen molar-refractivity contribution >= 4 is 21.7 Å². The van der Waals surface area contributed by atoms with Gasteiger partial charge in [-0.1, -0.05) is 25.5 Å². The van der Waals surface area contributed by atoms with Crippen LogP contribution in [0.2, 0.25) is 0 Å². The van der Waals surface area contributed by atoms with E-state index in [1.807, 2.05) is 0 Å². The first-order valence-electron chi connectivity index (χ1n) is 8.82. The number of methoxy groups -OCH3 is 3. The highest BCUT2D eigenvalue weighted by molar-refractivity contribution is 7.92. The Labute approximate surface area is 165 Å². The van der Waals surface area contributed by atoms with Crippen molar-refractivity contribution in [2.24, 2.45) is 0 Å². The molecule has 152 valence electrons. The summed E-state index contributed by atoms with van der Waals surface area (Å²) in [6, 6.07) is 9.44. The molecule has 0 atom stereocenters. The van der Waals surface area contributed by atoms with Gasteiger partial charge in [0, 0.05) is 12.1 Å². The van der Waals surface area contributed by atoms with Crippen LogP contribution in [0.25, 0.3) is 0 Å². The minimum atomic E-state index is -3.91. The largest absolute Gasteiger partial charge is 0.493 e. The van der Waals surface area contributed by atoms with Crippen LogP contribution < -0.4 is 14.2 Å². The van der Waals surface area contributed by atoms with Crippen LogP contribution in [-0.2, 0) is 21.2 Å². The summed E-state index contributed by atoms with van der Waals surface area (Å²) in [6.07, 6.45) is 3.00. The summed E-state index contributed by atoms with van der Waals surface area (Å²) in [5.41, 5.74) is 1.13. The quantitative estimate of drug-likeness (QED) is 0.638. The van der Waals surface area contributed by atoms with E-state index in [4.69, 9.17) is 14.2 Å². The predicted molar refractivity (Wildman–Crippen MR) is 107 cm³/mol. The fraction of sp³-hybridized carbons (Fsp3) is 0.350. The van der Waals surface area contributed by atoms with Crippen molar-refractivity contribution in [1.82, 2.24) is 0 Å². The van der Waals surface area contributed by atoms with E-state index in [1.54, 1.807) is 24.3 Å². The first-order chi connectivity index (χ1) is 13.4. The Bertz CT molecular complexity index is 922. The minimum Gasteiger partial charge on any atom is -0.493 e. The molecule has 0 amide bonds. The van der Waals surface area contributed by atoms with Gasteiger partial charge in [0.1, 0.15) is 0 Å². The Balaban J connectivity index is 2.40. The molecule has 2 aromatic carbocycles. The van der Waals surface area contributed by atoms with Crippen LogP contribution in [0.4, 0.5) is 5.69 Å². The smallest absolute Gasteiger partial charge is 0.340 e. The summed E-state index contributed by atoms with van der Waals surface area (Å²) in [5.74, 6) is -0.137. The first kappa shape index (κ1) is 21.6. The van der Waals surface area contributed by atoms with Crippen molar-refractivity contribution in [3.63, 3.8) is 0 Å². The minimum absolute atomic E-state index is 0.0169. The number of aryl methyl sites for hydroxylation is 1. The van der Waals surface area contributed by atoms with E-state index < -0.39 is 16.0 Å². The van der Waals surface area contributed by atoms with Gasteiger partial charge < -0.3 is 14.2 Å². The van der Waals surface area contributed by atoms with Crippen molar-refractivity contribution in [2.45, 2.75) is 31.1 Å². The highest BCUT2D eigenvalue weighted by Crippen LogP contribution is 2.34. The zero-order valence-electron chi connectivity index (χ0n) is 16.4. The molecule has 0 aliphatic rings. The maximum Gasteiger partial charge on any atom is 0.340 e. The number of unbranched alkanes of at least 4 members (excludes halogenated alkanes) is 1. The average molecular weight is 407 g/mol. The number of esters is 1. The predicted octanol–water partition coefficient (Wildman–Crippen LogP) is 3.63. The number of nitrogens with one attached hydrogen (secondary N) is 1.